The number of hydrogen-bond donors (Lipinski definition) is 1. The summed E-state index contributed by atoms with van der Waals surface area (Å²) in [5.41, 5.74) is 3.87. The summed E-state index contributed by atoms with van der Waals surface area (Å²) in [6, 6.07) is 17.1. The van der Waals surface area contributed by atoms with Crippen LogP contribution in [0.25, 0.3) is 0 Å². The number of hydrogen-bond acceptors (Lipinski definition) is 3. The number of rotatable bonds is 7. The largest absolute Gasteiger partial charge is 0.322 e. The molecule has 6 nitrogen and oxygen atoms in total. The Balaban J connectivity index is 1.88. The lowest BCUT2D eigenvalue weighted by atomic mass is 10.1. The summed E-state index contributed by atoms with van der Waals surface area (Å²) in [5.74, 6) is 0. The highest BCUT2D eigenvalue weighted by atomic mass is 35.5. The molecule has 3 aromatic rings. The molecule has 0 atom stereocenters. The van der Waals surface area contributed by atoms with Gasteiger partial charge >= 0.3 is 6.03 Å². The summed E-state index contributed by atoms with van der Waals surface area (Å²) in [6.45, 7) is 4.23. The van der Waals surface area contributed by atoms with Crippen LogP contribution in [0.4, 0.5) is 16.2 Å². The lowest BCUT2D eigenvalue weighted by molar-refractivity contribution is -0.385. The number of nitro groups is 1. The van der Waals surface area contributed by atoms with Crippen molar-refractivity contribution >= 4 is 40.6 Å². The zero-order chi connectivity index (χ0) is 23.3. The molecule has 0 saturated heterocycles. The van der Waals surface area contributed by atoms with Crippen LogP contribution in [0.1, 0.15) is 22.3 Å². The number of anilines is 1. The third-order valence-electron chi connectivity index (χ3n) is 5.22. The molecule has 0 radical (unpaired) electrons. The molecule has 3 aromatic carbocycles. The van der Waals surface area contributed by atoms with Gasteiger partial charge in [-0.1, -0.05) is 65.7 Å². The van der Waals surface area contributed by atoms with E-state index in [0.717, 1.165) is 22.4 Å². The number of carbonyl (C=O) groups is 1. The van der Waals surface area contributed by atoms with Crippen molar-refractivity contribution < 1.29 is 9.72 Å². The molecule has 0 aromatic heterocycles. The first kappa shape index (κ1) is 23.6. The monoisotopic (exact) mass is 471 g/mol. The van der Waals surface area contributed by atoms with Crippen molar-refractivity contribution in [1.29, 1.82) is 0 Å². The van der Waals surface area contributed by atoms with E-state index in [4.69, 9.17) is 23.2 Å². The Kier molecular flexibility index (Phi) is 7.72. The SMILES string of the molecule is Cc1cccc(C)c1NC(=O)N(CCc1ccc(Cl)cc1Cl)Cc1ccccc1[N+](=O)[O-]. The number of nitrogens with zero attached hydrogens (tertiary/aromatic N) is 2. The fourth-order valence-corrected chi connectivity index (χ4v) is 3.96. The Bertz CT molecular complexity index is 1130. The van der Waals surface area contributed by atoms with Gasteiger partial charge in [0, 0.05) is 33.9 Å². The molecule has 3 rings (SSSR count). The molecule has 0 aliphatic carbocycles. The summed E-state index contributed by atoms with van der Waals surface area (Å²) in [5, 5.41) is 15.5. The Hall–Kier alpha value is -3.09. The number of nitrogens with one attached hydrogen (secondary N) is 1. The van der Waals surface area contributed by atoms with E-state index in [9.17, 15) is 14.9 Å². The first-order valence-corrected chi connectivity index (χ1v) is 10.8. The van der Waals surface area contributed by atoms with Crippen LogP contribution in [0.2, 0.25) is 10.0 Å². The molecule has 32 heavy (non-hydrogen) atoms. The van der Waals surface area contributed by atoms with Crippen molar-refractivity contribution in [3.05, 3.63) is 103 Å². The average Bonchev–Trinajstić information content (AvgIpc) is 2.75. The highest BCUT2D eigenvalue weighted by Crippen LogP contribution is 2.25. The Morgan fingerprint density at radius 1 is 1.00 bits per heavy atom. The van der Waals surface area contributed by atoms with Crippen molar-refractivity contribution in [3.8, 4) is 0 Å². The number of para-hydroxylation sites is 2. The zero-order valence-corrected chi connectivity index (χ0v) is 19.3. The van der Waals surface area contributed by atoms with Crippen LogP contribution < -0.4 is 5.32 Å². The summed E-state index contributed by atoms with van der Waals surface area (Å²) in [6.07, 6.45) is 0.469. The second-order valence-corrected chi connectivity index (χ2v) is 8.33. The highest BCUT2D eigenvalue weighted by molar-refractivity contribution is 6.35. The molecule has 0 fully saturated rings. The predicted molar refractivity (Wildman–Crippen MR) is 129 cm³/mol. The van der Waals surface area contributed by atoms with Crippen LogP contribution in [0.3, 0.4) is 0 Å². The number of nitro benzene ring substituents is 1. The zero-order valence-electron chi connectivity index (χ0n) is 17.8. The van der Waals surface area contributed by atoms with Gasteiger partial charge in [0.25, 0.3) is 5.69 Å². The van der Waals surface area contributed by atoms with Gasteiger partial charge in [0.2, 0.25) is 0 Å². The first-order valence-electron chi connectivity index (χ1n) is 10.0. The normalized spacial score (nSPS) is 10.6. The molecule has 8 heteroatoms. The fraction of sp³-hybridized carbons (Fsp3) is 0.208. The van der Waals surface area contributed by atoms with E-state index in [1.54, 1.807) is 35.2 Å². The molecule has 0 aliphatic rings. The van der Waals surface area contributed by atoms with Gasteiger partial charge in [0.05, 0.1) is 11.5 Å². The van der Waals surface area contributed by atoms with E-state index in [2.05, 4.69) is 5.32 Å². The molecule has 0 spiro atoms. The van der Waals surface area contributed by atoms with Crippen LogP contribution >= 0.6 is 23.2 Å². The lowest BCUT2D eigenvalue weighted by Gasteiger charge is -2.24. The van der Waals surface area contributed by atoms with E-state index < -0.39 is 4.92 Å². The van der Waals surface area contributed by atoms with Gasteiger partial charge in [-0.25, -0.2) is 4.79 Å². The van der Waals surface area contributed by atoms with Crippen LogP contribution in [-0.2, 0) is 13.0 Å². The number of carbonyl (C=O) groups excluding carboxylic acids is 1. The predicted octanol–water partition coefficient (Wildman–Crippen LogP) is 6.80. The third kappa shape index (κ3) is 5.78. The molecular formula is C24H23Cl2N3O3. The van der Waals surface area contributed by atoms with Gasteiger partial charge in [-0.2, -0.15) is 0 Å². The van der Waals surface area contributed by atoms with Crippen molar-refractivity contribution in [1.82, 2.24) is 4.90 Å². The molecule has 0 bridgehead atoms. The van der Waals surface area contributed by atoms with Crippen molar-refractivity contribution in [3.63, 3.8) is 0 Å². The maximum atomic E-state index is 13.3. The summed E-state index contributed by atoms with van der Waals surface area (Å²) in [7, 11) is 0. The summed E-state index contributed by atoms with van der Waals surface area (Å²) >= 11 is 12.3. The molecule has 0 unspecified atom stereocenters. The number of aryl methyl sites for hydroxylation is 2. The smallest absolute Gasteiger partial charge is 0.320 e. The standard InChI is InChI=1S/C24H23Cl2N3O3/c1-16-6-5-7-17(2)23(16)27-24(30)28(13-12-18-10-11-20(25)14-21(18)26)15-19-8-3-4-9-22(19)29(31)32/h3-11,14H,12-13,15H2,1-2H3,(H,27,30). The van der Waals surface area contributed by atoms with E-state index in [0.29, 0.717) is 28.6 Å². The van der Waals surface area contributed by atoms with E-state index in [1.165, 1.54) is 6.07 Å². The van der Waals surface area contributed by atoms with E-state index in [-0.39, 0.29) is 18.3 Å². The second kappa shape index (κ2) is 10.5. The highest BCUT2D eigenvalue weighted by Gasteiger charge is 2.21. The van der Waals surface area contributed by atoms with Crippen molar-refractivity contribution in [2.24, 2.45) is 0 Å². The molecule has 166 valence electrons. The molecule has 0 aliphatic heterocycles. The maximum absolute atomic E-state index is 13.3. The molecule has 0 heterocycles. The van der Waals surface area contributed by atoms with Gasteiger partial charge in [-0.05, 0) is 49.1 Å². The van der Waals surface area contributed by atoms with Crippen LogP contribution in [-0.4, -0.2) is 22.4 Å². The maximum Gasteiger partial charge on any atom is 0.322 e. The lowest BCUT2D eigenvalue weighted by Crippen LogP contribution is -2.36. The molecular weight excluding hydrogens is 449 g/mol. The molecule has 2 amide bonds. The minimum absolute atomic E-state index is 0.0260. The van der Waals surface area contributed by atoms with Crippen molar-refractivity contribution in [2.45, 2.75) is 26.8 Å². The number of amides is 2. The van der Waals surface area contributed by atoms with Gasteiger partial charge in [-0.3, -0.25) is 10.1 Å². The Morgan fingerprint density at radius 2 is 1.69 bits per heavy atom. The quantitative estimate of drug-likeness (QED) is 0.304. The topological polar surface area (TPSA) is 75.5 Å². The summed E-state index contributed by atoms with van der Waals surface area (Å²) < 4.78 is 0. The Morgan fingerprint density at radius 3 is 2.34 bits per heavy atom. The van der Waals surface area contributed by atoms with Gasteiger partial charge in [0.15, 0.2) is 0 Å². The Labute approximate surface area is 196 Å². The van der Waals surface area contributed by atoms with E-state index >= 15 is 0 Å². The van der Waals surface area contributed by atoms with Gasteiger partial charge in [0.1, 0.15) is 0 Å². The number of urea groups is 1. The van der Waals surface area contributed by atoms with Gasteiger partial charge in [-0.15, -0.1) is 0 Å². The second-order valence-electron chi connectivity index (χ2n) is 7.49. The number of benzene rings is 3. The minimum atomic E-state index is -0.438. The van der Waals surface area contributed by atoms with Crippen LogP contribution in [0.15, 0.2) is 60.7 Å². The number of halogens is 2. The average molecular weight is 472 g/mol. The molecule has 0 saturated carbocycles. The summed E-state index contributed by atoms with van der Waals surface area (Å²) in [4.78, 5) is 25.8. The van der Waals surface area contributed by atoms with E-state index in [1.807, 2.05) is 38.1 Å². The fourth-order valence-electron chi connectivity index (χ4n) is 3.46. The van der Waals surface area contributed by atoms with Crippen molar-refractivity contribution in [2.75, 3.05) is 11.9 Å². The van der Waals surface area contributed by atoms with Crippen LogP contribution in [0, 0.1) is 24.0 Å². The van der Waals surface area contributed by atoms with Crippen LogP contribution in [0.5, 0.6) is 0 Å². The van der Waals surface area contributed by atoms with Gasteiger partial charge < -0.3 is 10.2 Å². The third-order valence-corrected chi connectivity index (χ3v) is 5.80. The first-order chi connectivity index (χ1) is 15.3. The molecule has 1 N–H and O–H groups in total. The minimum Gasteiger partial charge on any atom is -0.320 e.